The van der Waals surface area contributed by atoms with Crippen molar-refractivity contribution in [3.63, 3.8) is 0 Å². The molecule has 1 amide bonds. The van der Waals surface area contributed by atoms with Gasteiger partial charge in [-0.1, -0.05) is 43.0 Å². The Morgan fingerprint density at radius 3 is 2.61 bits per heavy atom. The molecule has 8 heteroatoms. The smallest absolute Gasteiger partial charge is 0.269 e. The second-order valence-electron chi connectivity index (χ2n) is 7.32. The molecule has 6 nitrogen and oxygen atoms in total. The van der Waals surface area contributed by atoms with Crippen molar-refractivity contribution in [2.45, 2.75) is 27.2 Å². The SMILES string of the molecule is CCCN1C(=O)/C(=C\c2c(Oc3cc(C)cc(C)c3)nc3ccccn3c2=O)SC1=S. The zero-order chi connectivity index (χ0) is 22.1. The van der Waals surface area contributed by atoms with Gasteiger partial charge in [0.1, 0.15) is 21.3 Å². The minimum Gasteiger partial charge on any atom is -0.438 e. The van der Waals surface area contributed by atoms with Crippen LogP contribution in [0.3, 0.4) is 0 Å². The Bertz CT molecular complexity index is 1280. The van der Waals surface area contributed by atoms with Crippen LogP contribution in [0.25, 0.3) is 11.7 Å². The number of rotatable bonds is 5. The number of fused-ring (bicyclic) bond motifs is 1. The third kappa shape index (κ3) is 4.26. The van der Waals surface area contributed by atoms with Crippen molar-refractivity contribution in [3.8, 4) is 11.6 Å². The Hall–Kier alpha value is -2.97. The van der Waals surface area contributed by atoms with Crippen molar-refractivity contribution in [1.29, 1.82) is 0 Å². The molecule has 0 aliphatic carbocycles. The second-order valence-corrected chi connectivity index (χ2v) is 9.00. The maximum atomic E-state index is 13.3. The van der Waals surface area contributed by atoms with Gasteiger partial charge in [0.25, 0.3) is 11.5 Å². The zero-order valence-corrected chi connectivity index (χ0v) is 19.0. The summed E-state index contributed by atoms with van der Waals surface area (Å²) in [7, 11) is 0. The first-order chi connectivity index (χ1) is 14.9. The predicted octanol–water partition coefficient (Wildman–Crippen LogP) is 4.71. The number of hydrogen-bond acceptors (Lipinski definition) is 6. The van der Waals surface area contributed by atoms with Gasteiger partial charge >= 0.3 is 0 Å². The van der Waals surface area contributed by atoms with Gasteiger partial charge < -0.3 is 4.74 Å². The number of carbonyl (C=O) groups excluding carboxylic acids is 1. The first kappa shape index (κ1) is 21.3. The average Bonchev–Trinajstić information content (AvgIpc) is 2.98. The highest BCUT2D eigenvalue weighted by atomic mass is 32.2. The number of pyridine rings is 1. The van der Waals surface area contributed by atoms with E-state index >= 15 is 0 Å². The van der Waals surface area contributed by atoms with Gasteiger partial charge in [0.2, 0.25) is 5.88 Å². The zero-order valence-electron chi connectivity index (χ0n) is 17.4. The van der Waals surface area contributed by atoms with Crippen LogP contribution in [0.1, 0.15) is 30.0 Å². The Morgan fingerprint density at radius 1 is 1.16 bits per heavy atom. The fourth-order valence-electron chi connectivity index (χ4n) is 3.43. The summed E-state index contributed by atoms with van der Waals surface area (Å²) in [5.74, 6) is 0.534. The van der Waals surface area contributed by atoms with Crippen LogP contribution in [-0.4, -0.2) is 31.1 Å². The first-order valence-corrected chi connectivity index (χ1v) is 11.1. The van der Waals surface area contributed by atoms with Gasteiger partial charge in [-0.2, -0.15) is 4.98 Å². The summed E-state index contributed by atoms with van der Waals surface area (Å²) < 4.78 is 8.00. The molecule has 0 atom stereocenters. The van der Waals surface area contributed by atoms with Gasteiger partial charge in [-0.3, -0.25) is 18.9 Å². The molecule has 0 saturated carbocycles. The second kappa shape index (κ2) is 8.64. The number of thioether (sulfide) groups is 1. The molecule has 0 spiro atoms. The third-order valence-electron chi connectivity index (χ3n) is 4.74. The van der Waals surface area contributed by atoms with E-state index in [2.05, 4.69) is 4.98 Å². The molecule has 2 aromatic heterocycles. The minimum atomic E-state index is -0.314. The molecule has 31 heavy (non-hydrogen) atoms. The maximum absolute atomic E-state index is 13.3. The molecule has 1 aromatic carbocycles. The van der Waals surface area contributed by atoms with E-state index in [1.54, 1.807) is 35.4 Å². The van der Waals surface area contributed by atoms with Crippen LogP contribution in [0.2, 0.25) is 0 Å². The highest BCUT2D eigenvalue weighted by Crippen LogP contribution is 2.34. The Balaban J connectivity index is 1.86. The van der Waals surface area contributed by atoms with Gasteiger partial charge in [-0.25, -0.2) is 0 Å². The summed E-state index contributed by atoms with van der Waals surface area (Å²) in [6.07, 6.45) is 3.98. The molecule has 4 rings (SSSR count). The lowest BCUT2D eigenvalue weighted by Crippen LogP contribution is -2.28. The number of benzene rings is 1. The number of ether oxygens (including phenoxy) is 1. The van der Waals surface area contributed by atoms with E-state index in [4.69, 9.17) is 17.0 Å². The fraction of sp³-hybridized carbons (Fsp3) is 0.217. The summed E-state index contributed by atoms with van der Waals surface area (Å²) in [5.41, 5.74) is 2.43. The van der Waals surface area contributed by atoms with Crippen LogP contribution >= 0.6 is 24.0 Å². The van der Waals surface area contributed by atoms with Gasteiger partial charge in [-0.15, -0.1) is 0 Å². The van der Waals surface area contributed by atoms with Crippen LogP contribution in [0.15, 0.2) is 52.3 Å². The fourth-order valence-corrected chi connectivity index (χ4v) is 4.72. The van der Waals surface area contributed by atoms with Crippen molar-refractivity contribution >= 4 is 45.9 Å². The van der Waals surface area contributed by atoms with Crippen molar-refractivity contribution in [3.05, 3.63) is 74.5 Å². The predicted molar refractivity (Wildman–Crippen MR) is 128 cm³/mol. The highest BCUT2D eigenvalue weighted by Gasteiger charge is 2.32. The molecule has 0 bridgehead atoms. The molecule has 3 aromatic rings. The molecule has 0 radical (unpaired) electrons. The summed E-state index contributed by atoms with van der Waals surface area (Å²) in [4.78, 5) is 32.6. The van der Waals surface area contributed by atoms with Crippen molar-refractivity contribution in [2.24, 2.45) is 0 Å². The Morgan fingerprint density at radius 2 is 1.90 bits per heavy atom. The number of carbonyl (C=O) groups is 1. The van der Waals surface area contributed by atoms with Gasteiger partial charge in [-0.05, 0) is 61.7 Å². The van der Waals surface area contributed by atoms with E-state index < -0.39 is 0 Å². The molecule has 3 heterocycles. The quantitative estimate of drug-likeness (QED) is 0.413. The van der Waals surface area contributed by atoms with Crippen LogP contribution in [0, 0.1) is 13.8 Å². The van der Waals surface area contributed by atoms with E-state index in [1.807, 2.05) is 39.0 Å². The van der Waals surface area contributed by atoms with Gasteiger partial charge in [0.15, 0.2) is 0 Å². The molecular formula is C23H21N3O3S2. The number of amides is 1. The highest BCUT2D eigenvalue weighted by molar-refractivity contribution is 8.26. The largest absolute Gasteiger partial charge is 0.438 e. The lowest BCUT2D eigenvalue weighted by atomic mass is 10.1. The van der Waals surface area contributed by atoms with Gasteiger partial charge in [0, 0.05) is 12.7 Å². The summed E-state index contributed by atoms with van der Waals surface area (Å²) in [6, 6.07) is 11.1. The standard InChI is InChI=1S/C23H21N3O3S2/c1-4-8-26-22(28)18(31-23(26)30)13-17-20(29-16-11-14(2)10-15(3)12-16)24-19-7-5-6-9-25(19)21(17)27/h5-7,9-13H,4,8H2,1-3H3/b18-13+. The molecule has 1 saturated heterocycles. The maximum Gasteiger partial charge on any atom is 0.269 e. The van der Waals surface area contributed by atoms with E-state index in [1.165, 1.54) is 16.2 Å². The summed E-state index contributed by atoms with van der Waals surface area (Å²) >= 11 is 6.54. The van der Waals surface area contributed by atoms with Crippen LogP contribution < -0.4 is 10.3 Å². The van der Waals surface area contributed by atoms with Crippen LogP contribution in [0.5, 0.6) is 11.6 Å². The van der Waals surface area contributed by atoms with Crippen LogP contribution in [-0.2, 0) is 4.79 Å². The van der Waals surface area contributed by atoms with Crippen molar-refractivity contribution in [1.82, 2.24) is 14.3 Å². The molecular weight excluding hydrogens is 430 g/mol. The topological polar surface area (TPSA) is 63.9 Å². The minimum absolute atomic E-state index is 0.155. The van der Waals surface area contributed by atoms with Crippen molar-refractivity contribution in [2.75, 3.05) is 6.54 Å². The number of aromatic nitrogens is 2. The number of nitrogens with zero attached hydrogens (tertiary/aromatic N) is 3. The molecule has 158 valence electrons. The lowest BCUT2D eigenvalue weighted by molar-refractivity contribution is -0.122. The lowest BCUT2D eigenvalue weighted by Gasteiger charge is -2.12. The van der Waals surface area contributed by atoms with Crippen molar-refractivity contribution < 1.29 is 9.53 Å². The molecule has 1 aliphatic heterocycles. The normalized spacial score (nSPS) is 15.3. The van der Waals surface area contributed by atoms with E-state index in [0.717, 1.165) is 17.5 Å². The number of aryl methyl sites for hydroxylation is 2. The summed E-state index contributed by atoms with van der Waals surface area (Å²) in [6.45, 7) is 6.48. The number of thiocarbonyl (C=S) groups is 1. The third-order valence-corrected chi connectivity index (χ3v) is 6.12. The Kier molecular flexibility index (Phi) is 5.93. The number of hydrogen-bond donors (Lipinski definition) is 0. The monoisotopic (exact) mass is 451 g/mol. The average molecular weight is 452 g/mol. The molecule has 0 unspecified atom stereocenters. The van der Waals surface area contributed by atoms with Gasteiger partial charge in [0.05, 0.1) is 4.91 Å². The summed E-state index contributed by atoms with van der Waals surface area (Å²) in [5, 5.41) is 0. The van der Waals surface area contributed by atoms with E-state index in [0.29, 0.717) is 27.2 Å². The van der Waals surface area contributed by atoms with E-state index in [9.17, 15) is 9.59 Å². The molecule has 1 fully saturated rings. The van der Waals surface area contributed by atoms with E-state index in [-0.39, 0.29) is 22.9 Å². The molecule has 0 N–H and O–H groups in total. The molecule has 1 aliphatic rings. The first-order valence-electron chi connectivity index (χ1n) is 9.90. The Labute approximate surface area is 189 Å². The van der Waals surface area contributed by atoms with Crippen LogP contribution in [0.4, 0.5) is 0 Å².